The molecule has 0 saturated carbocycles. The third kappa shape index (κ3) is 6.36. The molecule has 33 heavy (non-hydrogen) atoms. The number of nitrogen functional groups attached to an aromatic ring is 1. The molecule has 0 aliphatic rings. The maximum atomic E-state index is 13.4. The minimum absolute atomic E-state index is 0.0447. The molecule has 0 aliphatic heterocycles. The van der Waals surface area contributed by atoms with Crippen molar-refractivity contribution >= 4 is 17.4 Å². The van der Waals surface area contributed by atoms with Crippen LogP contribution in [0, 0.1) is 25.7 Å². The van der Waals surface area contributed by atoms with E-state index in [-0.39, 0.29) is 29.8 Å². The molecule has 0 unspecified atom stereocenters. The maximum Gasteiger partial charge on any atom is 0.330 e. The van der Waals surface area contributed by atoms with E-state index in [9.17, 15) is 14.4 Å². The number of carbonyl (C=O) groups is 1. The van der Waals surface area contributed by atoms with Gasteiger partial charge in [-0.15, -0.1) is 0 Å². The van der Waals surface area contributed by atoms with E-state index in [0.29, 0.717) is 25.4 Å². The maximum absolute atomic E-state index is 13.4. The topological polar surface area (TPSA) is 119 Å². The van der Waals surface area contributed by atoms with E-state index in [1.54, 1.807) is 0 Å². The average Bonchev–Trinajstić information content (AvgIpc) is 2.96. The van der Waals surface area contributed by atoms with E-state index in [4.69, 9.17) is 5.73 Å². The summed E-state index contributed by atoms with van der Waals surface area (Å²) in [5.74, 6) is 0.429. The van der Waals surface area contributed by atoms with Crippen LogP contribution >= 0.6 is 0 Å². The molecule has 2 aromatic heterocycles. The Morgan fingerprint density at radius 2 is 1.82 bits per heavy atom. The lowest BCUT2D eigenvalue weighted by atomic mass is 10.1. The summed E-state index contributed by atoms with van der Waals surface area (Å²) in [5, 5.41) is 4.64. The van der Waals surface area contributed by atoms with Gasteiger partial charge in [-0.2, -0.15) is 5.10 Å². The lowest BCUT2D eigenvalue weighted by molar-refractivity contribution is -0.118. The number of anilines is 2. The SMILES string of the molecule is CCCCn1c(N)c(N(CC(C)C)C(=O)CCc2c(C)nn(CC(C)C)c2C)c(=O)[nH]c1=O. The van der Waals surface area contributed by atoms with Crippen LogP contribution in [0.5, 0.6) is 0 Å². The van der Waals surface area contributed by atoms with Crippen molar-refractivity contribution in [2.24, 2.45) is 11.8 Å². The van der Waals surface area contributed by atoms with Crippen molar-refractivity contribution in [1.82, 2.24) is 19.3 Å². The van der Waals surface area contributed by atoms with Gasteiger partial charge in [-0.25, -0.2) is 4.79 Å². The predicted octanol–water partition coefficient (Wildman–Crippen LogP) is 3.01. The molecule has 184 valence electrons. The second-order valence-electron chi connectivity index (χ2n) is 9.62. The zero-order valence-corrected chi connectivity index (χ0v) is 21.2. The molecule has 0 spiro atoms. The van der Waals surface area contributed by atoms with E-state index < -0.39 is 11.2 Å². The molecule has 2 aromatic rings. The highest BCUT2D eigenvalue weighted by Gasteiger charge is 2.25. The average molecular weight is 461 g/mol. The highest BCUT2D eigenvalue weighted by molar-refractivity contribution is 5.95. The Kier molecular flexibility index (Phi) is 9.07. The highest BCUT2D eigenvalue weighted by Crippen LogP contribution is 2.22. The summed E-state index contributed by atoms with van der Waals surface area (Å²) in [6.07, 6.45) is 2.36. The van der Waals surface area contributed by atoms with Gasteiger partial charge in [0.05, 0.1) is 5.69 Å². The number of hydrogen-bond acceptors (Lipinski definition) is 5. The number of nitrogens with two attached hydrogens (primary N) is 1. The smallest absolute Gasteiger partial charge is 0.330 e. The van der Waals surface area contributed by atoms with Crippen LogP contribution in [0.25, 0.3) is 0 Å². The van der Waals surface area contributed by atoms with Gasteiger partial charge in [0.1, 0.15) is 5.82 Å². The molecule has 2 heterocycles. The van der Waals surface area contributed by atoms with E-state index in [1.165, 1.54) is 9.47 Å². The minimum Gasteiger partial charge on any atom is -0.383 e. The van der Waals surface area contributed by atoms with Crippen molar-refractivity contribution in [2.75, 3.05) is 17.2 Å². The van der Waals surface area contributed by atoms with Gasteiger partial charge in [0.25, 0.3) is 5.56 Å². The van der Waals surface area contributed by atoms with Crippen LogP contribution in [0.15, 0.2) is 9.59 Å². The molecular weight excluding hydrogens is 420 g/mol. The fraction of sp³-hybridized carbons (Fsp3) is 0.667. The van der Waals surface area contributed by atoms with Gasteiger partial charge in [-0.05, 0) is 44.1 Å². The minimum atomic E-state index is -0.628. The summed E-state index contributed by atoms with van der Waals surface area (Å²) in [5.41, 5.74) is 8.21. The molecule has 0 radical (unpaired) electrons. The predicted molar refractivity (Wildman–Crippen MR) is 133 cm³/mol. The van der Waals surface area contributed by atoms with Crippen molar-refractivity contribution in [3.05, 3.63) is 37.8 Å². The van der Waals surface area contributed by atoms with Gasteiger partial charge in [0.2, 0.25) is 5.91 Å². The van der Waals surface area contributed by atoms with Gasteiger partial charge >= 0.3 is 5.69 Å². The first kappa shape index (κ1) is 26.4. The lowest BCUT2D eigenvalue weighted by Gasteiger charge is -2.26. The zero-order chi connectivity index (χ0) is 24.9. The molecule has 0 aliphatic carbocycles. The van der Waals surface area contributed by atoms with Crippen molar-refractivity contribution < 1.29 is 4.79 Å². The number of aromatic nitrogens is 4. The molecule has 0 saturated heterocycles. The molecule has 0 atom stereocenters. The van der Waals surface area contributed by atoms with Crippen molar-refractivity contribution in [3.63, 3.8) is 0 Å². The largest absolute Gasteiger partial charge is 0.383 e. The zero-order valence-electron chi connectivity index (χ0n) is 21.2. The lowest BCUT2D eigenvalue weighted by Crippen LogP contribution is -2.42. The van der Waals surface area contributed by atoms with Crippen LogP contribution in [-0.2, 0) is 24.3 Å². The second-order valence-corrected chi connectivity index (χ2v) is 9.62. The number of carbonyl (C=O) groups excluding carboxylic acids is 1. The summed E-state index contributed by atoms with van der Waals surface area (Å²) in [4.78, 5) is 42.2. The molecule has 9 nitrogen and oxygen atoms in total. The van der Waals surface area contributed by atoms with Crippen LogP contribution < -0.4 is 21.9 Å². The summed E-state index contributed by atoms with van der Waals surface area (Å²) < 4.78 is 3.35. The Morgan fingerprint density at radius 1 is 1.15 bits per heavy atom. The first-order valence-electron chi connectivity index (χ1n) is 11.9. The number of aryl methyl sites for hydroxylation is 1. The molecule has 0 aromatic carbocycles. The van der Waals surface area contributed by atoms with Gasteiger partial charge in [-0.3, -0.25) is 23.8 Å². The number of H-pyrrole nitrogens is 1. The quantitative estimate of drug-likeness (QED) is 0.534. The fourth-order valence-electron chi connectivity index (χ4n) is 4.05. The summed E-state index contributed by atoms with van der Waals surface area (Å²) >= 11 is 0. The van der Waals surface area contributed by atoms with Crippen LogP contribution in [0.4, 0.5) is 11.5 Å². The van der Waals surface area contributed by atoms with Crippen LogP contribution in [0.2, 0.25) is 0 Å². The van der Waals surface area contributed by atoms with Gasteiger partial charge in [0, 0.05) is 31.7 Å². The van der Waals surface area contributed by atoms with Crippen molar-refractivity contribution in [1.29, 1.82) is 0 Å². The summed E-state index contributed by atoms with van der Waals surface area (Å²) in [6, 6.07) is 0. The Morgan fingerprint density at radius 3 is 2.39 bits per heavy atom. The number of unbranched alkanes of at least 4 members (excludes halogenated alkanes) is 1. The standard InChI is InChI=1S/C24H40N6O3/c1-8-9-12-28-22(25)21(23(32)26-24(28)33)29(13-15(2)3)20(31)11-10-19-17(6)27-30(18(19)7)14-16(4)5/h15-16H,8-14,25H2,1-7H3,(H,26,32,33). The normalized spacial score (nSPS) is 11.5. The van der Waals surface area contributed by atoms with E-state index in [1.807, 2.05) is 39.3 Å². The monoisotopic (exact) mass is 460 g/mol. The molecule has 1 amide bonds. The molecule has 3 N–H and O–H groups in total. The first-order chi connectivity index (χ1) is 15.5. The molecule has 2 rings (SSSR count). The van der Waals surface area contributed by atoms with Crippen LogP contribution in [-0.4, -0.2) is 31.8 Å². The Hall–Kier alpha value is -2.84. The molecule has 0 bridgehead atoms. The number of rotatable bonds is 11. The number of nitrogens with one attached hydrogen (secondary N) is 1. The third-order valence-corrected chi connectivity index (χ3v) is 5.73. The van der Waals surface area contributed by atoms with E-state index in [0.717, 1.165) is 36.3 Å². The third-order valence-electron chi connectivity index (χ3n) is 5.73. The van der Waals surface area contributed by atoms with E-state index >= 15 is 0 Å². The van der Waals surface area contributed by atoms with Gasteiger partial charge in [0.15, 0.2) is 5.69 Å². The van der Waals surface area contributed by atoms with Gasteiger partial charge in [-0.1, -0.05) is 41.0 Å². The number of aromatic amines is 1. The number of hydrogen-bond donors (Lipinski definition) is 2. The highest BCUT2D eigenvalue weighted by atomic mass is 16.2. The van der Waals surface area contributed by atoms with Gasteiger partial charge < -0.3 is 10.6 Å². The fourth-order valence-corrected chi connectivity index (χ4v) is 4.05. The molecule has 0 fully saturated rings. The summed E-state index contributed by atoms with van der Waals surface area (Å²) in [7, 11) is 0. The Bertz CT molecular complexity index is 1080. The van der Waals surface area contributed by atoms with E-state index in [2.05, 4.69) is 23.9 Å². The second kappa shape index (κ2) is 11.3. The van der Waals surface area contributed by atoms with Crippen molar-refractivity contribution in [3.8, 4) is 0 Å². The molecular formula is C24H40N6O3. The number of nitrogens with zero attached hydrogens (tertiary/aromatic N) is 4. The Balaban J connectivity index is 2.37. The first-order valence-corrected chi connectivity index (χ1v) is 11.9. The van der Waals surface area contributed by atoms with Crippen LogP contribution in [0.1, 0.15) is 70.8 Å². The number of amides is 1. The molecule has 9 heteroatoms. The summed E-state index contributed by atoms with van der Waals surface area (Å²) in [6.45, 7) is 15.8. The van der Waals surface area contributed by atoms with Crippen molar-refractivity contribution in [2.45, 2.75) is 87.2 Å². The Labute approximate surface area is 196 Å². The van der Waals surface area contributed by atoms with Crippen LogP contribution in [0.3, 0.4) is 0 Å².